The van der Waals surface area contributed by atoms with Crippen molar-refractivity contribution >= 4 is 29.5 Å². The van der Waals surface area contributed by atoms with Crippen molar-refractivity contribution in [3.8, 4) is 0 Å². The van der Waals surface area contributed by atoms with E-state index in [9.17, 15) is 19.5 Å². The average Bonchev–Trinajstić information content (AvgIpc) is 2.47. The third-order valence-electron chi connectivity index (χ3n) is 3.54. The lowest BCUT2D eigenvalue weighted by Crippen LogP contribution is -2.56. The number of nitrogens with two attached hydrogens (primary N) is 1. The molecule has 0 saturated carbocycles. The first-order valence-corrected chi connectivity index (χ1v) is 9.57. The molecule has 0 fully saturated rings. The number of carboxylic acid groups (broad SMARTS) is 1. The van der Waals surface area contributed by atoms with Crippen LogP contribution < -0.4 is 16.4 Å². The molecule has 24 heavy (non-hydrogen) atoms. The van der Waals surface area contributed by atoms with E-state index in [0.29, 0.717) is 12.8 Å². The van der Waals surface area contributed by atoms with E-state index in [4.69, 9.17) is 5.73 Å². The Morgan fingerprint density at radius 1 is 1.08 bits per heavy atom. The second-order valence-electron chi connectivity index (χ2n) is 6.65. The first kappa shape index (κ1) is 22.7. The third kappa shape index (κ3) is 8.54. The Hall–Kier alpha value is -1.28. The van der Waals surface area contributed by atoms with Gasteiger partial charge in [-0.15, -0.1) is 0 Å². The maximum atomic E-state index is 12.4. The van der Waals surface area contributed by atoms with Gasteiger partial charge in [0.2, 0.25) is 11.8 Å². The molecule has 0 bridgehead atoms. The summed E-state index contributed by atoms with van der Waals surface area (Å²) in [5.74, 6) is -1.28. The summed E-state index contributed by atoms with van der Waals surface area (Å²) in [6.07, 6.45) is 2.77. The Morgan fingerprint density at radius 3 is 2.08 bits per heavy atom. The lowest BCUT2D eigenvalue weighted by molar-refractivity contribution is -0.143. The summed E-state index contributed by atoms with van der Waals surface area (Å²) in [7, 11) is 0. The topological polar surface area (TPSA) is 122 Å². The number of hydrogen-bond acceptors (Lipinski definition) is 5. The monoisotopic (exact) mass is 361 g/mol. The number of carbonyl (C=O) groups is 3. The van der Waals surface area contributed by atoms with Gasteiger partial charge in [0.05, 0.1) is 6.04 Å². The van der Waals surface area contributed by atoms with Gasteiger partial charge in [0.15, 0.2) is 0 Å². The van der Waals surface area contributed by atoms with Crippen LogP contribution in [0.3, 0.4) is 0 Å². The second kappa shape index (κ2) is 11.3. The summed E-state index contributed by atoms with van der Waals surface area (Å²) in [4.78, 5) is 35.8. The summed E-state index contributed by atoms with van der Waals surface area (Å²) >= 11 is 1.59. The number of hydrogen-bond donors (Lipinski definition) is 4. The van der Waals surface area contributed by atoms with Gasteiger partial charge in [0.1, 0.15) is 12.1 Å². The van der Waals surface area contributed by atoms with Crippen molar-refractivity contribution in [2.75, 3.05) is 12.0 Å². The Morgan fingerprint density at radius 2 is 1.67 bits per heavy atom. The highest BCUT2D eigenvalue weighted by atomic mass is 32.2. The first-order valence-electron chi connectivity index (χ1n) is 8.18. The van der Waals surface area contributed by atoms with Crippen LogP contribution in [0.5, 0.6) is 0 Å². The number of carboxylic acids is 1. The Balaban J connectivity index is 4.88. The number of rotatable bonds is 11. The molecule has 0 aromatic carbocycles. The molecule has 0 unspecified atom stereocenters. The van der Waals surface area contributed by atoms with Crippen molar-refractivity contribution in [1.82, 2.24) is 10.6 Å². The number of thioether (sulfide) groups is 1. The zero-order valence-electron chi connectivity index (χ0n) is 15.2. The van der Waals surface area contributed by atoms with Crippen molar-refractivity contribution in [2.45, 2.75) is 58.7 Å². The van der Waals surface area contributed by atoms with Gasteiger partial charge in [-0.1, -0.05) is 27.7 Å². The largest absolute Gasteiger partial charge is 0.480 e. The van der Waals surface area contributed by atoms with Crippen LogP contribution in [0.4, 0.5) is 0 Å². The zero-order valence-corrected chi connectivity index (χ0v) is 16.0. The highest BCUT2D eigenvalue weighted by Gasteiger charge is 2.30. The number of aliphatic carboxylic acids is 1. The van der Waals surface area contributed by atoms with Crippen molar-refractivity contribution in [1.29, 1.82) is 0 Å². The van der Waals surface area contributed by atoms with Crippen LogP contribution in [-0.4, -0.2) is 53.0 Å². The molecule has 0 radical (unpaired) electrons. The quantitative estimate of drug-likeness (QED) is 0.432. The lowest BCUT2D eigenvalue weighted by atomic mass is 10.00. The fourth-order valence-electron chi connectivity index (χ4n) is 2.13. The van der Waals surface area contributed by atoms with E-state index < -0.39 is 35.9 Å². The Labute approximate surface area is 148 Å². The predicted molar refractivity (Wildman–Crippen MR) is 96.8 cm³/mol. The average molecular weight is 362 g/mol. The summed E-state index contributed by atoms with van der Waals surface area (Å²) in [5, 5.41) is 14.4. The first-order chi connectivity index (χ1) is 11.1. The maximum Gasteiger partial charge on any atom is 0.326 e. The van der Waals surface area contributed by atoms with E-state index in [-0.39, 0.29) is 11.8 Å². The molecule has 0 spiro atoms. The SMILES string of the molecule is CSCC[C@H](N)C(=O)N[C@H](C(=O)N[C@@H](CC(C)C)C(=O)O)C(C)C. The molecular weight excluding hydrogens is 330 g/mol. The zero-order chi connectivity index (χ0) is 18.9. The van der Waals surface area contributed by atoms with E-state index >= 15 is 0 Å². The van der Waals surface area contributed by atoms with Crippen molar-refractivity contribution in [3.05, 3.63) is 0 Å². The van der Waals surface area contributed by atoms with Crippen molar-refractivity contribution in [3.63, 3.8) is 0 Å². The molecule has 8 heteroatoms. The van der Waals surface area contributed by atoms with Gasteiger partial charge < -0.3 is 21.5 Å². The molecule has 0 heterocycles. The van der Waals surface area contributed by atoms with E-state index in [2.05, 4.69) is 10.6 Å². The van der Waals surface area contributed by atoms with E-state index in [1.807, 2.05) is 20.1 Å². The standard InChI is InChI=1S/C16H31N3O4S/c1-9(2)8-12(16(22)23)18-15(21)13(10(3)4)19-14(20)11(17)6-7-24-5/h9-13H,6-8,17H2,1-5H3,(H,18,21)(H,19,20)(H,22,23)/t11-,12-,13-/m0/s1. The molecule has 0 rings (SSSR count). The molecule has 0 aliphatic carbocycles. The van der Waals surface area contributed by atoms with Gasteiger partial charge in [0, 0.05) is 0 Å². The number of carbonyl (C=O) groups excluding carboxylic acids is 2. The molecule has 3 atom stereocenters. The van der Waals surface area contributed by atoms with Gasteiger partial charge in [-0.25, -0.2) is 4.79 Å². The molecule has 0 aromatic rings. The van der Waals surface area contributed by atoms with Crippen LogP contribution in [0.1, 0.15) is 40.5 Å². The van der Waals surface area contributed by atoms with Gasteiger partial charge >= 0.3 is 5.97 Å². The third-order valence-corrected chi connectivity index (χ3v) is 4.18. The minimum Gasteiger partial charge on any atom is -0.480 e. The minimum absolute atomic E-state index is 0.124. The number of amides is 2. The minimum atomic E-state index is -1.08. The highest BCUT2D eigenvalue weighted by Crippen LogP contribution is 2.08. The predicted octanol–water partition coefficient (Wildman–Crippen LogP) is 0.823. The van der Waals surface area contributed by atoms with Gasteiger partial charge in [0.25, 0.3) is 0 Å². The Kier molecular flexibility index (Phi) is 10.7. The van der Waals surface area contributed by atoms with Gasteiger partial charge in [-0.05, 0) is 36.7 Å². The summed E-state index contributed by atoms with van der Waals surface area (Å²) in [6.45, 7) is 7.34. The van der Waals surface area contributed by atoms with Crippen molar-refractivity contribution < 1.29 is 19.5 Å². The van der Waals surface area contributed by atoms with E-state index in [1.165, 1.54) is 0 Å². The smallest absolute Gasteiger partial charge is 0.326 e. The molecule has 140 valence electrons. The summed E-state index contributed by atoms with van der Waals surface area (Å²) in [6, 6.07) is -2.47. The molecule has 2 amide bonds. The van der Waals surface area contributed by atoms with Crippen LogP contribution in [0.2, 0.25) is 0 Å². The lowest BCUT2D eigenvalue weighted by Gasteiger charge is -2.25. The summed E-state index contributed by atoms with van der Waals surface area (Å²) in [5.41, 5.74) is 5.82. The normalized spacial score (nSPS) is 15.0. The fraction of sp³-hybridized carbons (Fsp3) is 0.812. The second-order valence-corrected chi connectivity index (χ2v) is 7.63. The van der Waals surface area contributed by atoms with Crippen LogP contribution in [-0.2, 0) is 14.4 Å². The maximum absolute atomic E-state index is 12.4. The molecule has 0 aromatic heterocycles. The van der Waals surface area contributed by atoms with Gasteiger partial charge in [-0.2, -0.15) is 11.8 Å². The molecule has 0 aliphatic heterocycles. The number of nitrogens with one attached hydrogen (secondary N) is 2. The Bertz CT molecular complexity index is 430. The van der Waals surface area contributed by atoms with Crippen LogP contribution in [0.25, 0.3) is 0 Å². The highest BCUT2D eigenvalue weighted by molar-refractivity contribution is 7.98. The van der Waals surface area contributed by atoms with Crippen LogP contribution in [0.15, 0.2) is 0 Å². The van der Waals surface area contributed by atoms with Crippen LogP contribution in [0, 0.1) is 11.8 Å². The molecule has 7 nitrogen and oxygen atoms in total. The van der Waals surface area contributed by atoms with Crippen molar-refractivity contribution in [2.24, 2.45) is 17.6 Å². The molecular formula is C16H31N3O4S. The van der Waals surface area contributed by atoms with E-state index in [0.717, 1.165) is 5.75 Å². The molecule has 5 N–H and O–H groups in total. The molecule has 0 saturated heterocycles. The van der Waals surface area contributed by atoms with Crippen LogP contribution >= 0.6 is 11.8 Å². The fourth-order valence-corrected chi connectivity index (χ4v) is 2.62. The molecule has 0 aliphatic rings. The van der Waals surface area contributed by atoms with Gasteiger partial charge in [-0.3, -0.25) is 9.59 Å². The van der Waals surface area contributed by atoms with E-state index in [1.54, 1.807) is 25.6 Å². The summed E-state index contributed by atoms with van der Waals surface area (Å²) < 4.78 is 0.